The van der Waals surface area contributed by atoms with Gasteiger partial charge < -0.3 is 4.18 Å². The van der Waals surface area contributed by atoms with Crippen LogP contribution in [0.4, 0.5) is 0 Å². The third-order valence-corrected chi connectivity index (χ3v) is 2.08. The Labute approximate surface area is 86.8 Å². The third-order valence-electron chi connectivity index (χ3n) is 1.30. The highest BCUT2D eigenvalue weighted by atomic mass is 35.5. The van der Waals surface area contributed by atoms with Crippen LogP contribution in [0.3, 0.4) is 0 Å². The van der Waals surface area contributed by atoms with Crippen molar-refractivity contribution in [3.8, 4) is 11.8 Å². The molecule has 0 heterocycles. The number of nitriles is 1. The Morgan fingerprint density at radius 1 is 1.50 bits per heavy atom. The lowest BCUT2D eigenvalue weighted by Crippen LogP contribution is -2.06. The zero-order valence-electron chi connectivity index (χ0n) is 7.19. The van der Waals surface area contributed by atoms with Crippen molar-refractivity contribution in [2.45, 2.75) is 0 Å². The highest BCUT2D eigenvalue weighted by Gasteiger charge is 2.08. The number of hydrogen-bond donors (Lipinski definition) is 0. The summed E-state index contributed by atoms with van der Waals surface area (Å²) >= 11 is 5.67. The summed E-state index contributed by atoms with van der Waals surface area (Å²) in [7, 11) is -3.59. The lowest BCUT2D eigenvalue weighted by atomic mass is 10.2. The summed E-state index contributed by atoms with van der Waals surface area (Å²) in [4.78, 5) is 0. The molecule has 1 aromatic carbocycles. The van der Waals surface area contributed by atoms with Crippen molar-refractivity contribution in [2.24, 2.45) is 0 Å². The number of rotatable bonds is 2. The normalized spacial score (nSPS) is 10.6. The van der Waals surface area contributed by atoms with Gasteiger partial charge in [0.25, 0.3) is 0 Å². The average Bonchev–Trinajstić information content (AvgIpc) is 2.06. The number of halogens is 1. The largest absolute Gasteiger partial charge is 0.381 e. The predicted molar refractivity (Wildman–Crippen MR) is 51.6 cm³/mol. The van der Waals surface area contributed by atoms with Crippen LogP contribution >= 0.6 is 11.6 Å². The molecular formula is C8H6ClNO3S. The van der Waals surface area contributed by atoms with Crippen LogP contribution in [0.25, 0.3) is 0 Å². The fourth-order valence-electron chi connectivity index (χ4n) is 0.801. The molecule has 74 valence electrons. The molecule has 0 spiro atoms. The fraction of sp³-hybridized carbons (Fsp3) is 0.125. The van der Waals surface area contributed by atoms with Crippen molar-refractivity contribution in [3.05, 3.63) is 28.8 Å². The Hall–Kier alpha value is -1.25. The molecule has 0 aromatic heterocycles. The maximum absolute atomic E-state index is 10.8. The van der Waals surface area contributed by atoms with E-state index in [4.69, 9.17) is 16.9 Å². The van der Waals surface area contributed by atoms with Crippen LogP contribution in [0, 0.1) is 11.3 Å². The summed E-state index contributed by atoms with van der Waals surface area (Å²) in [5.74, 6) is 0.0215. The standard InChI is InChI=1S/C8H6ClNO3S/c1-14(11,12)13-8-3-2-6(5-10)4-7(8)9/h2-4H,1H3. The average molecular weight is 232 g/mol. The van der Waals surface area contributed by atoms with Gasteiger partial charge in [-0.25, -0.2) is 0 Å². The summed E-state index contributed by atoms with van der Waals surface area (Å²) in [6, 6.07) is 5.96. The Kier molecular flexibility index (Phi) is 2.99. The van der Waals surface area contributed by atoms with Gasteiger partial charge in [-0.2, -0.15) is 13.7 Å². The van der Waals surface area contributed by atoms with E-state index in [-0.39, 0.29) is 10.8 Å². The van der Waals surface area contributed by atoms with Crippen LogP contribution in [0.2, 0.25) is 5.02 Å². The molecule has 0 saturated heterocycles. The first-order valence-corrected chi connectivity index (χ1v) is 5.71. The van der Waals surface area contributed by atoms with E-state index in [0.29, 0.717) is 5.56 Å². The second-order valence-electron chi connectivity index (χ2n) is 2.54. The van der Waals surface area contributed by atoms with Gasteiger partial charge in [0, 0.05) is 0 Å². The van der Waals surface area contributed by atoms with E-state index >= 15 is 0 Å². The topological polar surface area (TPSA) is 67.2 Å². The van der Waals surface area contributed by atoms with E-state index in [1.165, 1.54) is 18.2 Å². The first-order chi connectivity index (χ1) is 6.42. The van der Waals surface area contributed by atoms with Crippen LogP contribution < -0.4 is 4.18 Å². The smallest absolute Gasteiger partial charge is 0.306 e. The quantitative estimate of drug-likeness (QED) is 0.725. The minimum atomic E-state index is -3.59. The Balaban J connectivity index is 3.09. The number of hydrogen-bond acceptors (Lipinski definition) is 4. The molecule has 1 aromatic rings. The molecule has 0 bridgehead atoms. The van der Waals surface area contributed by atoms with Crippen molar-refractivity contribution >= 4 is 21.7 Å². The minimum absolute atomic E-state index is 0.0215. The molecule has 0 radical (unpaired) electrons. The van der Waals surface area contributed by atoms with Gasteiger partial charge in [-0.05, 0) is 18.2 Å². The van der Waals surface area contributed by atoms with Crippen molar-refractivity contribution in [1.82, 2.24) is 0 Å². The van der Waals surface area contributed by atoms with Crippen LogP contribution in [0.15, 0.2) is 18.2 Å². The maximum Gasteiger partial charge on any atom is 0.306 e. The van der Waals surface area contributed by atoms with Crippen molar-refractivity contribution in [1.29, 1.82) is 5.26 Å². The highest BCUT2D eigenvalue weighted by Crippen LogP contribution is 2.26. The van der Waals surface area contributed by atoms with Crippen molar-refractivity contribution < 1.29 is 12.6 Å². The van der Waals surface area contributed by atoms with E-state index in [1.807, 2.05) is 6.07 Å². The van der Waals surface area contributed by atoms with Gasteiger partial charge in [0.2, 0.25) is 0 Å². The highest BCUT2D eigenvalue weighted by molar-refractivity contribution is 7.86. The number of benzene rings is 1. The first-order valence-electron chi connectivity index (χ1n) is 3.51. The van der Waals surface area contributed by atoms with E-state index in [0.717, 1.165) is 6.26 Å². The van der Waals surface area contributed by atoms with E-state index in [9.17, 15) is 8.42 Å². The molecular weight excluding hydrogens is 226 g/mol. The molecule has 0 aliphatic heterocycles. The molecule has 0 aliphatic carbocycles. The van der Waals surface area contributed by atoms with Crippen LogP contribution in [-0.2, 0) is 10.1 Å². The minimum Gasteiger partial charge on any atom is -0.381 e. The Morgan fingerprint density at radius 3 is 2.57 bits per heavy atom. The maximum atomic E-state index is 10.8. The molecule has 0 atom stereocenters. The zero-order chi connectivity index (χ0) is 10.8. The molecule has 0 saturated carbocycles. The number of nitrogens with zero attached hydrogens (tertiary/aromatic N) is 1. The lowest BCUT2D eigenvalue weighted by molar-refractivity contribution is 0.493. The van der Waals surface area contributed by atoms with Crippen LogP contribution in [-0.4, -0.2) is 14.7 Å². The monoisotopic (exact) mass is 231 g/mol. The van der Waals surface area contributed by atoms with Gasteiger partial charge in [-0.1, -0.05) is 11.6 Å². The Bertz CT molecular complexity index is 490. The first kappa shape index (κ1) is 10.8. The predicted octanol–water partition coefficient (Wildman–Crippen LogP) is 1.55. The third kappa shape index (κ3) is 2.91. The summed E-state index contributed by atoms with van der Waals surface area (Å²) in [5, 5.41) is 8.61. The lowest BCUT2D eigenvalue weighted by Gasteiger charge is -2.04. The van der Waals surface area contributed by atoms with Gasteiger partial charge in [0.15, 0.2) is 5.75 Å². The van der Waals surface area contributed by atoms with Crippen LogP contribution in [0.1, 0.15) is 5.56 Å². The fourth-order valence-corrected chi connectivity index (χ4v) is 1.54. The SMILES string of the molecule is CS(=O)(=O)Oc1ccc(C#N)cc1Cl. The molecule has 0 fully saturated rings. The summed E-state index contributed by atoms with van der Waals surface area (Å²) in [6.07, 6.45) is 0.918. The second kappa shape index (κ2) is 3.86. The van der Waals surface area contributed by atoms with Gasteiger partial charge >= 0.3 is 10.1 Å². The van der Waals surface area contributed by atoms with E-state index < -0.39 is 10.1 Å². The van der Waals surface area contributed by atoms with Gasteiger partial charge in [-0.3, -0.25) is 0 Å². The van der Waals surface area contributed by atoms with Crippen molar-refractivity contribution in [3.63, 3.8) is 0 Å². The molecule has 0 aliphatic rings. The zero-order valence-corrected chi connectivity index (χ0v) is 8.76. The van der Waals surface area contributed by atoms with Crippen LogP contribution in [0.5, 0.6) is 5.75 Å². The molecule has 0 amide bonds. The molecule has 1 rings (SSSR count). The van der Waals surface area contributed by atoms with Gasteiger partial charge in [0.1, 0.15) is 0 Å². The summed E-state index contributed by atoms with van der Waals surface area (Å²) in [5.41, 5.74) is 0.343. The molecule has 14 heavy (non-hydrogen) atoms. The van der Waals surface area contributed by atoms with Gasteiger partial charge in [0.05, 0.1) is 22.9 Å². The van der Waals surface area contributed by atoms with E-state index in [2.05, 4.69) is 4.18 Å². The van der Waals surface area contributed by atoms with E-state index in [1.54, 1.807) is 0 Å². The van der Waals surface area contributed by atoms with Crippen molar-refractivity contribution in [2.75, 3.05) is 6.26 Å². The Morgan fingerprint density at radius 2 is 2.14 bits per heavy atom. The summed E-state index contributed by atoms with van der Waals surface area (Å²) in [6.45, 7) is 0. The van der Waals surface area contributed by atoms with Gasteiger partial charge in [-0.15, -0.1) is 0 Å². The second-order valence-corrected chi connectivity index (χ2v) is 4.53. The molecule has 0 unspecified atom stereocenters. The molecule has 0 N–H and O–H groups in total. The molecule has 6 heteroatoms. The summed E-state index contributed by atoms with van der Waals surface area (Å²) < 4.78 is 26.1. The molecule has 4 nitrogen and oxygen atoms in total.